The predicted molar refractivity (Wildman–Crippen MR) is 117 cm³/mol. The maximum absolute atomic E-state index is 13.0. The number of amides is 2. The van der Waals surface area contributed by atoms with Crippen molar-refractivity contribution >= 4 is 18.0 Å². The number of rotatable bonds is 10. The zero-order chi connectivity index (χ0) is 24.0. The molecule has 3 N–H and O–H groups in total. The normalized spacial score (nSPS) is 14.0. The van der Waals surface area contributed by atoms with E-state index in [0.717, 1.165) is 22.3 Å². The molecule has 1 aliphatic rings. The minimum absolute atomic E-state index is 0.0584. The molecule has 2 atom stereocenters. The molecule has 0 heterocycles. The number of aliphatic carboxylic acids is 1. The Bertz CT molecular complexity index is 998. The SMILES string of the molecule is C=CCC(NC(=O)C(CC(F)F)NC(=O)OCC1c2ccccc2-c2ccccc21)C(=O)O. The summed E-state index contributed by atoms with van der Waals surface area (Å²) in [5.74, 6) is -2.63. The minimum Gasteiger partial charge on any atom is -0.480 e. The number of benzene rings is 2. The van der Waals surface area contributed by atoms with Gasteiger partial charge in [0.2, 0.25) is 12.3 Å². The van der Waals surface area contributed by atoms with E-state index in [2.05, 4.69) is 17.2 Å². The molecule has 174 valence electrons. The highest BCUT2D eigenvalue weighted by atomic mass is 19.3. The van der Waals surface area contributed by atoms with Crippen LogP contribution in [-0.2, 0) is 14.3 Å². The Morgan fingerprint density at radius 2 is 1.58 bits per heavy atom. The first-order valence-corrected chi connectivity index (χ1v) is 10.4. The lowest BCUT2D eigenvalue weighted by Gasteiger charge is -2.21. The molecule has 0 saturated carbocycles. The first-order valence-electron chi connectivity index (χ1n) is 10.4. The van der Waals surface area contributed by atoms with Crippen molar-refractivity contribution in [2.75, 3.05) is 6.61 Å². The second-order valence-electron chi connectivity index (χ2n) is 7.57. The van der Waals surface area contributed by atoms with E-state index in [1.807, 2.05) is 48.5 Å². The lowest BCUT2D eigenvalue weighted by Crippen LogP contribution is -2.52. The van der Waals surface area contributed by atoms with Crippen molar-refractivity contribution in [1.82, 2.24) is 10.6 Å². The van der Waals surface area contributed by atoms with Gasteiger partial charge in [0.1, 0.15) is 18.7 Å². The lowest BCUT2D eigenvalue weighted by atomic mass is 9.98. The maximum atomic E-state index is 13.0. The third-order valence-electron chi connectivity index (χ3n) is 5.38. The topological polar surface area (TPSA) is 105 Å². The number of carbonyl (C=O) groups is 3. The second kappa shape index (κ2) is 10.7. The van der Waals surface area contributed by atoms with Gasteiger partial charge in [-0.25, -0.2) is 18.4 Å². The number of alkyl carbamates (subject to hydrolysis) is 1. The fourth-order valence-corrected chi connectivity index (χ4v) is 3.85. The van der Waals surface area contributed by atoms with Crippen LogP contribution in [0.15, 0.2) is 61.2 Å². The quantitative estimate of drug-likeness (QED) is 0.471. The van der Waals surface area contributed by atoms with Crippen LogP contribution in [0.2, 0.25) is 0 Å². The number of halogens is 2. The van der Waals surface area contributed by atoms with E-state index in [-0.39, 0.29) is 18.9 Å². The molecule has 0 radical (unpaired) electrons. The first-order chi connectivity index (χ1) is 15.8. The highest BCUT2D eigenvalue weighted by Crippen LogP contribution is 2.44. The molecule has 0 aromatic heterocycles. The smallest absolute Gasteiger partial charge is 0.407 e. The van der Waals surface area contributed by atoms with E-state index >= 15 is 0 Å². The van der Waals surface area contributed by atoms with Gasteiger partial charge >= 0.3 is 12.1 Å². The molecule has 2 aromatic carbocycles. The predicted octanol–water partition coefficient (Wildman–Crippen LogP) is 3.69. The first kappa shape index (κ1) is 23.9. The molecular formula is C24H24F2N2O5. The molecule has 7 nitrogen and oxygen atoms in total. The molecule has 0 bridgehead atoms. The van der Waals surface area contributed by atoms with Gasteiger partial charge in [0, 0.05) is 12.3 Å². The van der Waals surface area contributed by atoms with Crippen LogP contribution in [0.25, 0.3) is 11.1 Å². The van der Waals surface area contributed by atoms with E-state index in [9.17, 15) is 23.2 Å². The third-order valence-corrected chi connectivity index (χ3v) is 5.38. The fraction of sp³-hybridized carbons (Fsp3) is 0.292. The largest absolute Gasteiger partial charge is 0.480 e. The average Bonchev–Trinajstić information content (AvgIpc) is 3.10. The number of nitrogens with one attached hydrogen (secondary N) is 2. The number of hydrogen-bond donors (Lipinski definition) is 3. The number of alkyl halides is 2. The minimum atomic E-state index is -2.91. The summed E-state index contributed by atoms with van der Waals surface area (Å²) >= 11 is 0. The van der Waals surface area contributed by atoms with Crippen molar-refractivity contribution in [3.63, 3.8) is 0 Å². The number of ether oxygens (including phenoxy) is 1. The molecular weight excluding hydrogens is 434 g/mol. The molecule has 0 fully saturated rings. The molecule has 9 heteroatoms. The van der Waals surface area contributed by atoms with Gasteiger partial charge in [0.25, 0.3) is 0 Å². The summed E-state index contributed by atoms with van der Waals surface area (Å²) in [6.07, 6.45) is -3.77. The second-order valence-corrected chi connectivity index (χ2v) is 7.57. The van der Waals surface area contributed by atoms with Gasteiger partial charge < -0.3 is 20.5 Å². The lowest BCUT2D eigenvalue weighted by molar-refractivity contribution is -0.142. The van der Waals surface area contributed by atoms with E-state index in [1.165, 1.54) is 6.08 Å². The Morgan fingerprint density at radius 3 is 2.09 bits per heavy atom. The van der Waals surface area contributed by atoms with Crippen molar-refractivity contribution in [1.29, 1.82) is 0 Å². The summed E-state index contributed by atoms with van der Waals surface area (Å²) in [7, 11) is 0. The molecule has 1 aliphatic carbocycles. The Kier molecular flexibility index (Phi) is 7.76. The van der Waals surface area contributed by atoms with E-state index < -0.39 is 42.9 Å². The summed E-state index contributed by atoms with van der Waals surface area (Å²) in [6.45, 7) is 3.34. The molecule has 2 amide bonds. The van der Waals surface area contributed by atoms with Gasteiger partial charge in [-0.05, 0) is 28.7 Å². The van der Waals surface area contributed by atoms with Gasteiger partial charge in [0.05, 0.1) is 0 Å². The molecule has 0 saturated heterocycles. The highest BCUT2D eigenvalue weighted by Gasteiger charge is 2.31. The van der Waals surface area contributed by atoms with E-state index in [4.69, 9.17) is 9.84 Å². The monoisotopic (exact) mass is 458 g/mol. The zero-order valence-electron chi connectivity index (χ0n) is 17.7. The standard InChI is InChI=1S/C24H24F2N2O5/c1-2-7-19(23(30)31)27-22(29)20(12-21(25)26)28-24(32)33-13-18-16-10-5-3-8-14(16)15-9-4-6-11-17(15)18/h2-6,8-11,18-21H,1,7,12-13H2,(H,27,29)(H,28,32)(H,30,31). The number of fused-ring (bicyclic) bond motifs is 3. The van der Waals surface area contributed by atoms with Gasteiger partial charge in [-0.3, -0.25) is 4.79 Å². The number of carboxylic acid groups (broad SMARTS) is 1. The van der Waals surface area contributed by atoms with Crippen LogP contribution in [-0.4, -0.2) is 48.2 Å². The molecule has 33 heavy (non-hydrogen) atoms. The summed E-state index contributed by atoms with van der Waals surface area (Å²) in [5.41, 5.74) is 4.00. The summed E-state index contributed by atoms with van der Waals surface area (Å²) in [4.78, 5) is 36.0. The van der Waals surface area contributed by atoms with Crippen molar-refractivity contribution in [3.05, 3.63) is 72.3 Å². The highest BCUT2D eigenvalue weighted by molar-refractivity contribution is 5.89. The third kappa shape index (κ3) is 5.74. The summed E-state index contributed by atoms with van der Waals surface area (Å²) < 4.78 is 31.3. The number of carbonyl (C=O) groups excluding carboxylic acids is 2. The van der Waals surface area contributed by atoms with Crippen molar-refractivity contribution < 1.29 is 33.0 Å². The Labute approximate surface area is 189 Å². The summed E-state index contributed by atoms with van der Waals surface area (Å²) in [5, 5.41) is 13.4. The fourth-order valence-electron chi connectivity index (χ4n) is 3.85. The van der Waals surface area contributed by atoms with Crippen molar-refractivity contribution in [2.24, 2.45) is 0 Å². The van der Waals surface area contributed by atoms with E-state index in [0.29, 0.717) is 0 Å². The molecule has 2 unspecified atom stereocenters. The van der Waals surface area contributed by atoms with Crippen LogP contribution < -0.4 is 10.6 Å². The summed E-state index contributed by atoms with van der Waals surface area (Å²) in [6, 6.07) is 12.4. The van der Waals surface area contributed by atoms with Crippen molar-refractivity contribution in [3.8, 4) is 11.1 Å². The average molecular weight is 458 g/mol. The van der Waals surface area contributed by atoms with Crippen LogP contribution >= 0.6 is 0 Å². The van der Waals surface area contributed by atoms with Crippen LogP contribution in [0.4, 0.5) is 13.6 Å². The Morgan fingerprint density at radius 1 is 1.00 bits per heavy atom. The zero-order valence-corrected chi connectivity index (χ0v) is 17.7. The number of hydrogen-bond acceptors (Lipinski definition) is 4. The Hall–Kier alpha value is -3.75. The van der Waals surface area contributed by atoms with Crippen LogP contribution in [0.5, 0.6) is 0 Å². The van der Waals surface area contributed by atoms with Gasteiger partial charge in [0.15, 0.2) is 0 Å². The molecule has 0 spiro atoms. The van der Waals surface area contributed by atoms with Crippen LogP contribution in [0.1, 0.15) is 29.9 Å². The van der Waals surface area contributed by atoms with Gasteiger partial charge in [-0.2, -0.15) is 0 Å². The van der Waals surface area contributed by atoms with Crippen molar-refractivity contribution in [2.45, 2.75) is 37.3 Å². The Balaban J connectivity index is 1.67. The van der Waals surface area contributed by atoms with Crippen LogP contribution in [0, 0.1) is 0 Å². The molecule has 2 aromatic rings. The molecule has 0 aliphatic heterocycles. The van der Waals surface area contributed by atoms with E-state index in [1.54, 1.807) is 0 Å². The van der Waals surface area contributed by atoms with Gasteiger partial charge in [-0.1, -0.05) is 54.6 Å². The maximum Gasteiger partial charge on any atom is 0.407 e. The van der Waals surface area contributed by atoms with Crippen LogP contribution in [0.3, 0.4) is 0 Å². The number of carboxylic acids is 1. The van der Waals surface area contributed by atoms with Gasteiger partial charge in [-0.15, -0.1) is 6.58 Å². The molecule has 3 rings (SSSR count).